The molecule has 1 aromatic rings. The van der Waals surface area contributed by atoms with Gasteiger partial charge >= 0.3 is 6.09 Å². The number of hydrogen-bond donors (Lipinski definition) is 3. The molecule has 1 rings (SSSR count). The minimum Gasteiger partial charge on any atom is -0.444 e. The van der Waals surface area contributed by atoms with Crippen LogP contribution in [0.5, 0.6) is 0 Å². The summed E-state index contributed by atoms with van der Waals surface area (Å²) >= 11 is 6.15. The zero-order valence-corrected chi connectivity index (χ0v) is 15.7. The second-order valence-electron chi connectivity index (χ2n) is 7.08. The number of carbonyl (C=O) groups is 3. The third-order valence-electron chi connectivity index (χ3n) is 3.19. The van der Waals surface area contributed by atoms with Gasteiger partial charge in [-0.25, -0.2) is 4.79 Å². The highest BCUT2D eigenvalue weighted by Crippen LogP contribution is 2.24. The molecule has 0 saturated heterocycles. The Bertz CT molecular complexity index is 668. The first-order valence-electron chi connectivity index (χ1n) is 7.69. The van der Waals surface area contributed by atoms with Crippen molar-refractivity contribution >= 4 is 29.5 Å². The number of nitrogens with one attached hydrogen (secondary N) is 2. The predicted octanol–water partition coefficient (Wildman–Crippen LogP) is 2.29. The molecule has 25 heavy (non-hydrogen) atoms. The van der Waals surface area contributed by atoms with E-state index in [0.29, 0.717) is 5.56 Å². The van der Waals surface area contributed by atoms with Crippen molar-refractivity contribution in [1.29, 1.82) is 0 Å². The van der Waals surface area contributed by atoms with Crippen LogP contribution in [0, 0.1) is 0 Å². The Morgan fingerprint density at radius 3 is 2.16 bits per heavy atom. The van der Waals surface area contributed by atoms with Gasteiger partial charge in [-0.3, -0.25) is 9.59 Å². The van der Waals surface area contributed by atoms with Crippen molar-refractivity contribution in [2.24, 2.45) is 5.73 Å². The molecule has 3 amide bonds. The zero-order chi connectivity index (χ0) is 19.4. The van der Waals surface area contributed by atoms with E-state index in [0.717, 1.165) is 0 Å². The second-order valence-corrected chi connectivity index (χ2v) is 7.49. The zero-order valence-electron chi connectivity index (χ0n) is 15.0. The molecule has 0 spiro atoms. The van der Waals surface area contributed by atoms with Gasteiger partial charge in [0.2, 0.25) is 11.8 Å². The van der Waals surface area contributed by atoms with Gasteiger partial charge in [-0.1, -0.05) is 29.8 Å². The van der Waals surface area contributed by atoms with E-state index < -0.39 is 35.1 Å². The van der Waals surface area contributed by atoms with E-state index in [4.69, 9.17) is 22.1 Å². The first-order valence-corrected chi connectivity index (χ1v) is 8.07. The molecule has 0 aliphatic heterocycles. The number of carbonyl (C=O) groups excluding carboxylic acids is 3. The lowest BCUT2D eigenvalue weighted by Crippen LogP contribution is -2.56. The average Bonchev–Trinajstić information content (AvgIpc) is 2.43. The molecule has 1 unspecified atom stereocenters. The summed E-state index contributed by atoms with van der Waals surface area (Å²) in [5.74, 6) is -1.35. The van der Waals surface area contributed by atoms with Crippen molar-refractivity contribution in [3.63, 3.8) is 0 Å². The summed E-state index contributed by atoms with van der Waals surface area (Å²) in [6, 6.07) is 5.41. The molecule has 0 radical (unpaired) electrons. The van der Waals surface area contributed by atoms with Crippen LogP contribution in [0.1, 0.15) is 46.2 Å². The lowest BCUT2D eigenvalue weighted by atomic mass is 10.0. The summed E-state index contributed by atoms with van der Waals surface area (Å²) in [5, 5.41) is 5.28. The molecule has 0 saturated carbocycles. The molecule has 0 fully saturated rings. The van der Waals surface area contributed by atoms with Crippen molar-refractivity contribution in [3.8, 4) is 0 Å². The van der Waals surface area contributed by atoms with Crippen molar-refractivity contribution in [2.75, 3.05) is 0 Å². The maximum atomic E-state index is 12.7. The van der Waals surface area contributed by atoms with Crippen molar-refractivity contribution in [2.45, 2.75) is 51.8 Å². The van der Waals surface area contributed by atoms with Gasteiger partial charge in [0.15, 0.2) is 0 Å². The molecule has 7 nitrogen and oxygen atoms in total. The van der Waals surface area contributed by atoms with Gasteiger partial charge in [-0.15, -0.1) is 0 Å². The molecular weight excluding hydrogens is 346 g/mol. The Morgan fingerprint density at radius 1 is 1.12 bits per heavy atom. The van der Waals surface area contributed by atoms with Crippen LogP contribution >= 0.6 is 11.6 Å². The highest BCUT2D eigenvalue weighted by Gasteiger charge is 2.33. The Hall–Kier alpha value is -2.28. The summed E-state index contributed by atoms with van der Waals surface area (Å²) in [7, 11) is 0. The van der Waals surface area contributed by atoms with E-state index in [1.165, 1.54) is 13.8 Å². The summed E-state index contributed by atoms with van der Waals surface area (Å²) in [6.07, 6.45) is -0.788. The maximum Gasteiger partial charge on any atom is 0.408 e. The van der Waals surface area contributed by atoms with Crippen molar-refractivity contribution in [1.82, 2.24) is 10.6 Å². The van der Waals surface area contributed by atoms with E-state index in [2.05, 4.69) is 10.6 Å². The van der Waals surface area contributed by atoms with Gasteiger partial charge in [0, 0.05) is 10.6 Å². The monoisotopic (exact) mass is 369 g/mol. The molecular formula is C17H24ClN3O4. The summed E-state index contributed by atoms with van der Waals surface area (Å²) in [5.41, 5.74) is 3.61. The topological polar surface area (TPSA) is 111 Å². The molecule has 138 valence electrons. The molecule has 1 aromatic carbocycles. The quantitative estimate of drug-likeness (QED) is 0.739. The number of hydrogen-bond acceptors (Lipinski definition) is 4. The largest absolute Gasteiger partial charge is 0.444 e. The van der Waals surface area contributed by atoms with Crippen LogP contribution < -0.4 is 16.4 Å². The number of amides is 3. The molecule has 8 heteroatoms. The smallest absolute Gasteiger partial charge is 0.408 e. The number of ether oxygens (including phenoxy) is 1. The van der Waals surface area contributed by atoms with E-state index in [9.17, 15) is 14.4 Å². The van der Waals surface area contributed by atoms with Crippen LogP contribution in [0.3, 0.4) is 0 Å². The fourth-order valence-corrected chi connectivity index (χ4v) is 2.11. The van der Waals surface area contributed by atoms with Gasteiger partial charge in [0.05, 0.1) is 0 Å². The number of rotatable bonds is 5. The number of alkyl carbamates (subject to hydrolysis) is 1. The van der Waals surface area contributed by atoms with Gasteiger partial charge in [0.1, 0.15) is 17.2 Å². The fraction of sp³-hybridized carbons (Fsp3) is 0.471. The first kappa shape index (κ1) is 20.8. The highest BCUT2D eigenvalue weighted by molar-refractivity contribution is 6.31. The summed E-state index contributed by atoms with van der Waals surface area (Å²) in [4.78, 5) is 36.2. The van der Waals surface area contributed by atoms with Crippen LogP contribution in [-0.4, -0.2) is 29.0 Å². The number of benzene rings is 1. The number of nitrogens with two attached hydrogens (primary N) is 1. The molecule has 0 bridgehead atoms. The highest BCUT2D eigenvalue weighted by atomic mass is 35.5. The van der Waals surface area contributed by atoms with Crippen LogP contribution in [-0.2, 0) is 14.3 Å². The van der Waals surface area contributed by atoms with Crippen LogP contribution in [0.2, 0.25) is 5.02 Å². The predicted molar refractivity (Wildman–Crippen MR) is 95.0 cm³/mol. The van der Waals surface area contributed by atoms with Gasteiger partial charge in [-0.05, 0) is 40.7 Å². The number of primary amides is 1. The Kier molecular flexibility index (Phi) is 6.42. The van der Waals surface area contributed by atoms with Gasteiger partial charge < -0.3 is 21.1 Å². The summed E-state index contributed by atoms with van der Waals surface area (Å²) in [6.45, 7) is 8.03. The van der Waals surface area contributed by atoms with Gasteiger partial charge in [-0.2, -0.15) is 0 Å². The van der Waals surface area contributed by atoms with Crippen molar-refractivity contribution < 1.29 is 19.1 Å². The standard InChI is InChI=1S/C17H24ClN3O4/c1-16(2,3)25-15(24)20-12(10-8-6-7-9-11(10)18)13(22)21-17(4,5)14(19)23/h6-9,12H,1-5H3,(H2,19,23)(H,20,24)(H,21,22). The Morgan fingerprint density at radius 2 is 1.68 bits per heavy atom. The minimum atomic E-state index is -1.30. The van der Waals surface area contributed by atoms with Crippen LogP contribution in [0.25, 0.3) is 0 Å². The van der Waals surface area contributed by atoms with E-state index >= 15 is 0 Å². The normalized spacial score (nSPS) is 12.9. The maximum absolute atomic E-state index is 12.7. The first-order chi connectivity index (χ1) is 11.3. The molecule has 0 heterocycles. The summed E-state index contributed by atoms with van der Waals surface area (Å²) < 4.78 is 5.19. The van der Waals surface area contributed by atoms with Crippen LogP contribution in [0.15, 0.2) is 24.3 Å². The third-order valence-corrected chi connectivity index (χ3v) is 3.54. The lowest BCUT2D eigenvalue weighted by molar-refractivity contribution is -0.131. The Balaban J connectivity index is 3.12. The SMILES string of the molecule is CC(C)(C)OC(=O)NC(C(=O)NC(C)(C)C(N)=O)c1ccccc1Cl. The number of halogens is 1. The average molecular weight is 370 g/mol. The third kappa shape index (κ3) is 6.26. The van der Waals surface area contributed by atoms with E-state index in [-0.39, 0.29) is 5.02 Å². The van der Waals surface area contributed by atoms with Gasteiger partial charge in [0.25, 0.3) is 0 Å². The fourth-order valence-electron chi connectivity index (χ4n) is 1.86. The van der Waals surface area contributed by atoms with E-state index in [1.54, 1.807) is 45.0 Å². The molecule has 0 aromatic heterocycles. The molecule has 0 aliphatic rings. The van der Waals surface area contributed by atoms with Crippen LogP contribution in [0.4, 0.5) is 4.79 Å². The minimum absolute atomic E-state index is 0.288. The molecule has 4 N–H and O–H groups in total. The molecule has 1 atom stereocenters. The van der Waals surface area contributed by atoms with Crippen molar-refractivity contribution in [3.05, 3.63) is 34.9 Å². The second kappa shape index (κ2) is 7.74. The Labute approximate surface area is 152 Å². The lowest BCUT2D eigenvalue weighted by Gasteiger charge is -2.28. The molecule has 0 aliphatic carbocycles. The van der Waals surface area contributed by atoms with E-state index in [1.807, 2.05) is 0 Å².